The van der Waals surface area contributed by atoms with Crippen LogP contribution in [0.25, 0.3) is 0 Å². The van der Waals surface area contributed by atoms with Gasteiger partial charge in [0.2, 0.25) is 0 Å². The van der Waals surface area contributed by atoms with Crippen LogP contribution in [0.3, 0.4) is 0 Å². The highest BCUT2D eigenvalue weighted by molar-refractivity contribution is 7.47. The molecule has 3 N–H and O–H groups in total. The van der Waals surface area contributed by atoms with Gasteiger partial charge in [0.1, 0.15) is 19.3 Å². The Morgan fingerprint density at radius 3 is 0.835 bits per heavy atom. The standard InChI is InChI=1S/C66H128O17P2/c1-9-58(7)44-36-28-20-15-16-21-30-38-46-63(68)76-53-62(83-66(71)49-41-33-25-24-29-37-45-59(8)10-2)55-81-85(74,75)79-51-60(67)50-78-84(72,73)80-54-61(52-77-64(69)47-39-31-23-17-19-27-35-43-57(5)6)82-65(70)48-40-32-22-14-12-11-13-18-26-34-42-56(3)4/h56-62,67H,9-55H2,1-8H3,(H,72,73)(H,74,75)/t58?,59?,60?,61-,62-/m1/s1. The van der Waals surface area contributed by atoms with Crippen LogP contribution >= 0.6 is 15.6 Å². The number of ether oxygens (including phenoxy) is 4. The molecule has 0 aliphatic carbocycles. The van der Waals surface area contributed by atoms with E-state index in [4.69, 9.17) is 37.0 Å². The average molecular weight is 1260 g/mol. The molecule has 0 aliphatic rings. The van der Waals surface area contributed by atoms with Crippen molar-refractivity contribution in [1.82, 2.24) is 0 Å². The van der Waals surface area contributed by atoms with Gasteiger partial charge < -0.3 is 33.8 Å². The zero-order chi connectivity index (χ0) is 63.2. The lowest BCUT2D eigenvalue weighted by Gasteiger charge is -2.21. The van der Waals surface area contributed by atoms with Crippen molar-refractivity contribution in [2.75, 3.05) is 39.6 Å². The summed E-state index contributed by atoms with van der Waals surface area (Å²) < 4.78 is 68.1. The normalized spacial score (nSPS) is 15.0. The largest absolute Gasteiger partial charge is 0.472 e. The number of carbonyl (C=O) groups is 4. The van der Waals surface area contributed by atoms with Crippen molar-refractivity contribution in [3.63, 3.8) is 0 Å². The highest BCUT2D eigenvalue weighted by Gasteiger charge is 2.30. The molecule has 0 heterocycles. The van der Waals surface area contributed by atoms with E-state index in [1.807, 2.05) is 0 Å². The minimum absolute atomic E-state index is 0.102. The number of aliphatic hydroxyl groups excluding tert-OH is 1. The lowest BCUT2D eigenvalue weighted by atomic mass is 9.99. The minimum atomic E-state index is -4.95. The van der Waals surface area contributed by atoms with Crippen molar-refractivity contribution in [1.29, 1.82) is 0 Å². The number of hydrogen-bond donors (Lipinski definition) is 3. The molecule has 0 aromatic heterocycles. The molecule has 0 fully saturated rings. The molecule has 0 rings (SSSR count). The number of phosphoric ester groups is 2. The molecule has 0 amide bonds. The molecule has 0 aromatic rings. The summed E-state index contributed by atoms with van der Waals surface area (Å²) >= 11 is 0. The minimum Gasteiger partial charge on any atom is -0.462 e. The van der Waals surface area contributed by atoms with Crippen molar-refractivity contribution in [2.45, 2.75) is 337 Å². The van der Waals surface area contributed by atoms with Gasteiger partial charge in [0, 0.05) is 25.7 Å². The van der Waals surface area contributed by atoms with Crippen molar-refractivity contribution in [2.24, 2.45) is 23.7 Å². The molecule has 0 bridgehead atoms. The van der Waals surface area contributed by atoms with E-state index >= 15 is 0 Å². The highest BCUT2D eigenvalue weighted by atomic mass is 31.2. The summed E-state index contributed by atoms with van der Waals surface area (Å²) in [7, 11) is -9.89. The number of esters is 4. The molecule has 0 aromatic carbocycles. The third kappa shape index (κ3) is 58.2. The lowest BCUT2D eigenvalue weighted by Crippen LogP contribution is -2.30. The van der Waals surface area contributed by atoms with E-state index < -0.39 is 97.5 Å². The Morgan fingerprint density at radius 2 is 0.565 bits per heavy atom. The van der Waals surface area contributed by atoms with Crippen LogP contribution in [-0.2, 0) is 65.4 Å². The number of aliphatic hydroxyl groups is 1. The van der Waals surface area contributed by atoms with E-state index in [9.17, 15) is 43.2 Å². The first-order valence-electron chi connectivity index (χ1n) is 34.3. The number of unbranched alkanes of at least 4 members (excludes halogenated alkanes) is 27. The number of phosphoric acid groups is 2. The summed E-state index contributed by atoms with van der Waals surface area (Å²) in [5.41, 5.74) is 0. The predicted molar refractivity (Wildman–Crippen MR) is 340 cm³/mol. The Kier molecular flexibility index (Phi) is 54.8. The van der Waals surface area contributed by atoms with Crippen LogP contribution in [0.4, 0.5) is 0 Å². The second-order valence-corrected chi connectivity index (χ2v) is 28.2. The zero-order valence-electron chi connectivity index (χ0n) is 55.2. The maximum Gasteiger partial charge on any atom is 0.472 e. The van der Waals surface area contributed by atoms with Crippen LogP contribution in [0, 0.1) is 23.7 Å². The van der Waals surface area contributed by atoms with Crippen molar-refractivity contribution < 1.29 is 80.2 Å². The SMILES string of the molecule is CCC(C)CCCCCCCCCCC(=O)OC[C@H](COP(=O)(O)OCC(O)COP(=O)(O)OC[C@@H](COC(=O)CCCCCCCCCC(C)C)OC(=O)CCCCCCCCCCCCC(C)C)OC(=O)CCCCCCCCC(C)CC. The van der Waals surface area contributed by atoms with E-state index in [0.29, 0.717) is 31.6 Å². The third-order valence-electron chi connectivity index (χ3n) is 15.8. The van der Waals surface area contributed by atoms with Crippen molar-refractivity contribution >= 4 is 39.5 Å². The van der Waals surface area contributed by atoms with Gasteiger partial charge in [-0.15, -0.1) is 0 Å². The Hall–Kier alpha value is -1.94. The van der Waals surface area contributed by atoms with Crippen molar-refractivity contribution in [3.8, 4) is 0 Å². The maximum atomic E-state index is 13.0. The van der Waals surface area contributed by atoms with Gasteiger partial charge in [-0.25, -0.2) is 9.13 Å². The fourth-order valence-electron chi connectivity index (χ4n) is 9.72. The molecule has 0 spiro atoms. The van der Waals surface area contributed by atoms with Gasteiger partial charge in [-0.1, -0.05) is 267 Å². The van der Waals surface area contributed by atoms with Gasteiger partial charge in [0.15, 0.2) is 12.2 Å². The Bertz CT molecular complexity index is 1700. The summed E-state index contributed by atoms with van der Waals surface area (Å²) in [6, 6.07) is 0. The second kappa shape index (κ2) is 56.1. The first-order valence-corrected chi connectivity index (χ1v) is 37.3. The Labute approximate surface area is 517 Å². The van der Waals surface area contributed by atoms with Crippen LogP contribution in [0.1, 0.15) is 319 Å². The molecule has 504 valence electrons. The average Bonchev–Trinajstić information content (AvgIpc) is 3.46. The van der Waals surface area contributed by atoms with Crippen LogP contribution in [0.2, 0.25) is 0 Å². The summed E-state index contributed by atoms with van der Waals surface area (Å²) in [6.07, 6.45) is 36.2. The molecule has 0 saturated carbocycles. The highest BCUT2D eigenvalue weighted by Crippen LogP contribution is 2.45. The van der Waals surface area contributed by atoms with Crippen LogP contribution in [0.5, 0.6) is 0 Å². The lowest BCUT2D eigenvalue weighted by molar-refractivity contribution is -0.161. The maximum absolute atomic E-state index is 13.0. The van der Waals surface area contributed by atoms with E-state index in [-0.39, 0.29) is 25.7 Å². The molecule has 17 nitrogen and oxygen atoms in total. The van der Waals surface area contributed by atoms with E-state index in [2.05, 4.69) is 55.4 Å². The summed E-state index contributed by atoms with van der Waals surface area (Å²) in [4.78, 5) is 72.3. The van der Waals surface area contributed by atoms with Gasteiger partial charge in [-0.2, -0.15) is 0 Å². The molecule has 85 heavy (non-hydrogen) atoms. The number of carbonyl (C=O) groups excluding carboxylic acids is 4. The van der Waals surface area contributed by atoms with Crippen LogP contribution in [-0.4, -0.2) is 96.7 Å². The second-order valence-electron chi connectivity index (χ2n) is 25.3. The third-order valence-corrected chi connectivity index (χ3v) is 17.7. The number of rotatable bonds is 63. The van der Waals surface area contributed by atoms with Crippen LogP contribution < -0.4 is 0 Å². The Balaban J connectivity index is 5.26. The molecule has 5 unspecified atom stereocenters. The first kappa shape index (κ1) is 83.1. The summed E-state index contributed by atoms with van der Waals surface area (Å²) in [6.45, 7) is 14.0. The summed E-state index contributed by atoms with van der Waals surface area (Å²) in [5, 5.41) is 10.6. The van der Waals surface area contributed by atoms with Gasteiger partial charge in [-0.05, 0) is 49.4 Å². The smallest absolute Gasteiger partial charge is 0.462 e. The number of hydrogen-bond acceptors (Lipinski definition) is 15. The van der Waals surface area contributed by atoms with E-state index in [1.54, 1.807) is 0 Å². The molecule has 0 radical (unpaired) electrons. The van der Waals surface area contributed by atoms with Gasteiger partial charge in [-0.3, -0.25) is 37.3 Å². The molecular weight excluding hydrogens is 1130 g/mol. The van der Waals surface area contributed by atoms with E-state index in [1.165, 1.54) is 116 Å². The van der Waals surface area contributed by atoms with E-state index in [0.717, 1.165) is 114 Å². The first-order chi connectivity index (χ1) is 40.7. The monoisotopic (exact) mass is 1250 g/mol. The predicted octanol–water partition coefficient (Wildman–Crippen LogP) is 18.1. The van der Waals surface area contributed by atoms with Crippen molar-refractivity contribution in [3.05, 3.63) is 0 Å². The fraction of sp³-hybridized carbons (Fsp3) is 0.939. The van der Waals surface area contributed by atoms with Gasteiger partial charge >= 0.3 is 39.5 Å². The van der Waals surface area contributed by atoms with Crippen LogP contribution in [0.15, 0.2) is 0 Å². The molecule has 19 heteroatoms. The molecule has 7 atom stereocenters. The zero-order valence-corrected chi connectivity index (χ0v) is 57.0. The topological polar surface area (TPSA) is 237 Å². The van der Waals surface area contributed by atoms with Gasteiger partial charge in [0.25, 0.3) is 0 Å². The molecule has 0 saturated heterocycles. The quantitative estimate of drug-likeness (QED) is 0.0222. The molecule has 0 aliphatic heterocycles. The fourth-order valence-corrected chi connectivity index (χ4v) is 11.3. The van der Waals surface area contributed by atoms with Gasteiger partial charge in [0.05, 0.1) is 26.4 Å². The molecular formula is C66H128O17P2. The Morgan fingerprint density at radius 1 is 0.329 bits per heavy atom. The summed E-state index contributed by atoms with van der Waals surface area (Å²) in [5.74, 6) is 0.816.